The standard InChI is InChI=1S/C21H34N2O8S/c1-27-15-23(21(29-16-28-2)14-30-32(3,25)26)20(24)13-17-12-19(10-11-22-17)31-18-8-6-4-5-7-9-18/h10-12,18,21H,4-9,13-16H2,1-3H3/t21-/m1/s1. The number of carbonyl (C=O) groups is 1. The van der Waals surface area contributed by atoms with Crippen LogP contribution in [-0.2, 0) is 39.7 Å². The summed E-state index contributed by atoms with van der Waals surface area (Å²) in [4.78, 5) is 18.5. The summed E-state index contributed by atoms with van der Waals surface area (Å²) in [5.74, 6) is 0.310. The minimum atomic E-state index is -3.73. The molecule has 0 aliphatic heterocycles. The van der Waals surface area contributed by atoms with E-state index in [1.165, 1.54) is 32.0 Å². The average molecular weight is 475 g/mol. The average Bonchev–Trinajstić information content (AvgIpc) is 3.01. The molecule has 1 atom stereocenters. The van der Waals surface area contributed by atoms with Crippen LogP contribution in [0.3, 0.4) is 0 Å². The number of nitrogens with zero attached hydrogens (tertiary/aromatic N) is 2. The quantitative estimate of drug-likeness (QED) is 0.241. The summed E-state index contributed by atoms with van der Waals surface area (Å²) in [6.07, 6.45) is 8.48. The molecule has 0 N–H and O–H groups in total. The van der Waals surface area contributed by atoms with E-state index < -0.39 is 23.0 Å². The van der Waals surface area contributed by atoms with Gasteiger partial charge in [-0.1, -0.05) is 12.8 Å². The van der Waals surface area contributed by atoms with Gasteiger partial charge in [0.1, 0.15) is 25.9 Å². The Morgan fingerprint density at radius 2 is 1.91 bits per heavy atom. The van der Waals surface area contributed by atoms with Gasteiger partial charge in [0.05, 0.1) is 24.5 Å². The van der Waals surface area contributed by atoms with E-state index >= 15 is 0 Å². The number of amides is 1. The molecule has 0 saturated heterocycles. The molecule has 11 heteroatoms. The van der Waals surface area contributed by atoms with Gasteiger partial charge in [-0.2, -0.15) is 8.42 Å². The second-order valence-corrected chi connectivity index (χ2v) is 9.33. The van der Waals surface area contributed by atoms with Crippen molar-refractivity contribution in [1.29, 1.82) is 0 Å². The molecule has 0 spiro atoms. The van der Waals surface area contributed by atoms with Gasteiger partial charge in [0.15, 0.2) is 6.23 Å². The first-order valence-electron chi connectivity index (χ1n) is 10.7. The number of methoxy groups -OCH3 is 2. The summed E-state index contributed by atoms with van der Waals surface area (Å²) in [7, 11) is -0.890. The summed E-state index contributed by atoms with van der Waals surface area (Å²) in [6.45, 7) is -0.678. The lowest BCUT2D eigenvalue weighted by atomic mass is 10.1. The molecule has 1 fully saturated rings. The molecule has 2 rings (SSSR count). The van der Waals surface area contributed by atoms with Crippen LogP contribution in [0.5, 0.6) is 5.75 Å². The highest BCUT2D eigenvalue weighted by atomic mass is 32.2. The van der Waals surface area contributed by atoms with Crippen LogP contribution in [0.15, 0.2) is 18.3 Å². The third-order valence-electron chi connectivity index (χ3n) is 4.96. The van der Waals surface area contributed by atoms with Crippen LogP contribution < -0.4 is 4.74 Å². The molecule has 1 heterocycles. The normalized spacial score (nSPS) is 16.3. The molecule has 182 valence electrons. The SMILES string of the molecule is COCO[C@H](COS(C)(=O)=O)N(COC)C(=O)Cc1cc(OC2CCCCCC2)ccn1. The second kappa shape index (κ2) is 13.7. The lowest BCUT2D eigenvalue weighted by Crippen LogP contribution is -2.47. The van der Waals surface area contributed by atoms with E-state index in [4.69, 9.17) is 23.1 Å². The number of rotatable bonds is 13. The Balaban J connectivity index is 2.07. The van der Waals surface area contributed by atoms with Crippen LogP contribution in [0, 0.1) is 0 Å². The zero-order chi connectivity index (χ0) is 23.4. The number of hydrogen-bond acceptors (Lipinski definition) is 9. The molecule has 1 aliphatic rings. The van der Waals surface area contributed by atoms with E-state index in [2.05, 4.69) is 4.98 Å². The van der Waals surface area contributed by atoms with Crippen LogP contribution in [-0.4, -0.2) is 77.1 Å². The molecule has 1 aromatic rings. The minimum Gasteiger partial charge on any atom is -0.490 e. The van der Waals surface area contributed by atoms with E-state index in [1.807, 2.05) is 0 Å². The Hall–Kier alpha value is -1.79. The van der Waals surface area contributed by atoms with Gasteiger partial charge in [-0.25, -0.2) is 0 Å². The van der Waals surface area contributed by atoms with Crippen molar-refractivity contribution >= 4 is 16.0 Å². The van der Waals surface area contributed by atoms with Gasteiger partial charge in [0.25, 0.3) is 10.1 Å². The van der Waals surface area contributed by atoms with Gasteiger partial charge in [-0.15, -0.1) is 0 Å². The highest BCUT2D eigenvalue weighted by Gasteiger charge is 2.27. The van der Waals surface area contributed by atoms with Crippen molar-refractivity contribution in [3.8, 4) is 5.75 Å². The Labute approximate surface area is 190 Å². The molecule has 0 unspecified atom stereocenters. The van der Waals surface area contributed by atoms with Gasteiger partial charge in [-0.05, 0) is 31.7 Å². The van der Waals surface area contributed by atoms with E-state index in [-0.39, 0.29) is 32.0 Å². The molecular weight excluding hydrogens is 440 g/mol. The van der Waals surface area contributed by atoms with Crippen molar-refractivity contribution in [1.82, 2.24) is 9.88 Å². The molecule has 0 bridgehead atoms. The monoisotopic (exact) mass is 474 g/mol. The van der Waals surface area contributed by atoms with Crippen molar-refractivity contribution in [2.24, 2.45) is 0 Å². The number of ether oxygens (including phenoxy) is 4. The van der Waals surface area contributed by atoms with E-state index in [9.17, 15) is 13.2 Å². The largest absolute Gasteiger partial charge is 0.490 e. The smallest absolute Gasteiger partial charge is 0.264 e. The van der Waals surface area contributed by atoms with Crippen molar-refractivity contribution in [3.63, 3.8) is 0 Å². The minimum absolute atomic E-state index is 0.0447. The van der Waals surface area contributed by atoms with Gasteiger partial charge in [0, 0.05) is 26.5 Å². The Kier molecular flexibility index (Phi) is 11.3. The zero-order valence-electron chi connectivity index (χ0n) is 19.0. The van der Waals surface area contributed by atoms with Crippen molar-refractivity contribution in [3.05, 3.63) is 24.0 Å². The van der Waals surface area contributed by atoms with Gasteiger partial charge in [-0.3, -0.25) is 18.9 Å². The Morgan fingerprint density at radius 3 is 2.53 bits per heavy atom. The van der Waals surface area contributed by atoms with E-state index in [1.54, 1.807) is 18.3 Å². The number of hydrogen-bond donors (Lipinski definition) is 0. The summed E-state index contributed by atoms with van der Waals surface area (Å²) in [6, 6.07) is 3.54. The molecule has 32 heavy (non-hydrogen) atoms. The van der Waals surface area contributed by atoms with Crippen molar-refractivity contribution < 1.29 is 36.3 Å². The number of aromatic nitrogens is 1. The van der Waals surface area contributed by atoms with E-state index in [0.717, 1.165) is 31.9 Å². The molecule has 1 aliphatic carbocycles. The fourth-order valence-corrected chi connectivity index (χ4v) is 3.81. The zero-order valence-corrected chi connectivity index (χ0v) is 19.8. The molecule has 1 saturated carbocycles. The first-order chi connectivity index (χ1) is 15.3. The fraction of sp³-hybridized carbons (Fsp3) is 0.714. The maximum atomic E-state index is 13.0. The Bertz CT molecular complexity index is 797. The Morgan fingerprint density at radius 1 is 1.19 bits per heavy atom. The van der Waals surface area contributed by atoms with Crippen molar-refractivity contribution in [2.45, 2.75) is 57.3 Å². The summed E-state index contributed by atoms with van der Waals surface area (Å²) >= 11 is 0. The predicted molar refractivity (Wildman–Crippen MR) is 116 cm³/mol. The van der Waals surface area contributed by atoms with E-state index in [0.29, 0.717) is 11.4 Å². The maximum Gasteiger partial charge on any atom is 0.264 e. The number of pyridine rings is 1. The van der Waals surface area contributed by atoms with Crippen LogP contribution in [0.4, 0.5) is 0 Å². The lowest BCUT2D eigenvalue weighted by Gasteiger charge is -2.30. The molecule has 1 amide bonds. The highest BCUT2D eigenvalue weighted by molar-refractivity contribution is 7.85. The number of carbonyl (C=O) groups excluding carboxylic acids is 1. The summed E-state index contributed by atoms with van der Waals surface area (Å²) < 4.78 is 49.3. The predicted octanol–water partition coefficient (Wildman–Crippen LogP) is 2.08. The molecular formula is C21H34N2O8S. The third kappa shape index (κ3) is 9.78. The first-order valence-corrected chi connectivity index (χ1v) is 12.5. The van der Waals surface area contributed by atoms with Crippen LogP contribution in [0.2, 0.25) is 0 Å². The van der Waals surface area contributed by atoms with Crippen LogP contribution in [0.25, 0.3) is 0 Å². The molecule has 1 aromatic heterocycles. The fourth-order valence-electron chi connectivity index (χ4n) is 3.45. The van der Waals surface area contributed by atoms with Gasteiger partial charge >= 0.3 is 0 Å². The molecule has 10 nitrogen and oxygen atoms in total. The maximum absolute atomic E-state index is 13.0. The molecule has 0 aromatic carbocycles. The third-order valence-corrected chi connectivity index (χ3v) is 5.53. The second-order valence-electron chi connectivity index (χ2n) is 7.69. The molecule has 0 radical (unpaired) electrons. The van der Waals surface area contributed by atoms with Crippen LogP contribution >= 0.6 is 0 Å². The van der Waals surface area contributed by atoms with Crippen molar-refractivity contribution in [2.75, 3.05) is 40.6 Å². The lowest BCUT2D eigenvalue weighted by molar-refractivity contribution is -0.178. The topological polar surface area (TPSA) is 113 Å². The summed E-state index contributed by atoms with van der Waals surface area (Å²) in [5, 5.41) is 0. The van der Waals surface area contributed by atoms with Gasteiger partial charge < -0.3 is 18.9 Å². The highest BCUT2D eigenvalue weighted by Crippen LogP contribution is 2.23. The summed E-state index contributed by atoms with van der Waals surface area (Å²) in [5.41, 5.74) is 0.525. The first kappa shape index (κ1) is 26.5. The van der Waals surface area contributed by atoms with Gasteiger partial charge in [0.2, 0.25) is 5.91 Å². The van der Waals surface area contributed by atoms with Crippen LogP contribution in [0.1, 0.15) is 44.2 Å².